The lowest BCUT2D eigenvalue weighted by molar-refractivity contribution is -0.870. The number of carboxylic acids is 1. The van der Waals surface area contributed by atoms with E-state index in [0.29, 0.717) is 17.4 Å². The van der Waals surface area contributed by atoms with Gasteiger partial charge >= 0.3 is 17.9 Å². The van der Waals surface area contributed by atoms with Crippen LogP contribution in [0.25, 0.3) is 0 Å². The van der Waals surface area contributed by atoms with E-state index in [1.807, 2.05) is 45.4 Å². The Morgan fingerprint density at radius 1 is 0.691 bits per heavy atom. The minimum atomic E-state index is -4.80. The van der Waals surface area contributed by atoms with Crippen molar-refractivity contribution in [3.8, 4) is 0 Å². The first-order valence-corrected chi connectivity index (χ1v) is 27.4. The van der Waals surface area contributed by atoms with Crippen LogP contribution in [-0.4, -0.2) is 109 Å². The molecule has 0 saturated carbocycles. The SMILES string of the molecule is CCCCC/C=C\C\C=C/C=C/C=C/[C@@H](SC[C@H](N)C(=O)O[C@H](COC(=O)CCCCC/C=C\C/C=C\C/C=C\C/C=C\CCCCC)COP(=O)([O-])OCC[N+](C)(C)C)[C@@H](O)CCCC(=O)O. The zero-order chi connectivity index (χ0) is 50.6. The molecule has 0 fully saturated rings. The smallest absolute Gasteiger partial charge is 0.324 e. The highest BCUT2D eigenvalue weighted by Gasteiger charge is 2.26. The Morgan fingerprint density at radius 3 is 1.79 bits per heavy atom. The Hall–Kier alpha value is -3.33. The van der Waals surface area contributed by atoms with Crippen molar-refractivity contribution in [3.05, 3.63) is 97.2 Å². The van der Waals surface area contributed by atoms with Crippen molar-refractivity contribution in [3.63, 3.8) is 0 Å². The molecule has 0 aromatic heterocycles. The molecule has 0 aromatic rings. The number of thioether (sulfide) groups is 1. The fraction of sp³-hybridized carbons (Fsp3) is 0.642. The maximum Gasteiger partial charge on any atom is 0.324 e. The zero-order valence-electron chi connectivity index (χ0n) is 42.2. The molecule has 68 heavy (non-hydrogen) atoms. The number of quaternary nitrogens is 1. The molecular weight excluding hydrogens is 904 g/mol. The number of rotatable bonds is 44. The lowest BCUT2D eigenvalue weighted by atomic mass is 10.1. The molecule has 13 nitrogen and oxygen atoms in total. The molecule has 0 saturated heterocycles. The van der Waals surface area contributed by atoms with Crippen LogP contribution >= 0.6 is 19.6 Å². The van der Waals surface area contributed by atoms with Crippen LogP contribution < -0.4 is 10.6 Å². The van der Waals surface area contributed by atoms with Gasteiger partial charge in [0.15, 0.2) is 6.10 Å². The third-order valence-electron chi connectivity index (χ3n) is 10.1. The number of carbonyl (C=O) groups excluding carboxylic acids is 2. The maximum absolute atomic E-state index is 13.2. The molecule has 1 unspecified atom stereocenters. The molecule has 0 amide bonds. The minimum Gasteiger partial charge on any atom is -0.756 e. The number of ether oxygens (including phenoxy) is 2. The lowest BCUT2D eigenvalue weighted by Gasteiger charge is -2.28. The highest BCUT2D eigenvalue weighted by Crippen LogP contribution is 2.38. The highest BCUT2D eigenvalue weighted by molar-refractivity contribution is 8.00. The van der Waals surface area contributed by atoms with Crippen molar-refractivity contribution in [1.29, 1.82) is 0 Å². The standard InChI is InChI=1S/C53H89N2O11PS/c1-6-8-10-12-14-16-18-20-21-22-23-24-25-26-28-30-32-34-36-41-52(59)63-44-47(45-65-67(61,62)64-43-42-55(3,4)5)66-53(60)48(54)46-68-50(49(56)38-37-40-51(57)58)39-35-33-31-29-27-19-17-15-13-11-9-7-2/h14-17,20-21,23-24,26-29,31,33,35,39,47-50,56H,6-13,18-19,22,25,30,32,34,36-38,40-46,54H2,1-5H3,(H-,57,58,61,62)/b16-14-,17-15-,21-20-,24-23-,28-26-,29-27-,33-31+,39-35+/t47-,48+,49+,50-/m1/s1. The Balaban J connectivity index is 5.23. The van der Waals surface area contributed by atoms with E-state index < -0.39 is 62.4 Å². The van der Waals surface area contributed by atoms with Gasteiger partial charge in [0, 0.05) is 23.8 Å². The minimum absolute atomic E-state index is 0.000670. The summed E-state index contributed by atoms with van der Waals surface area (Å²) in [6.07, 6.45) is 47.6. The fourth-order valence-corrected chi connectivity index (χ4v) is 7.86. The molecule has 0 rings (SSSR count). The highest BCUT2D eigenvalue weighted by atomic mass is 32.2. The third kappa shape index (κ3) is 43.9. The summed E-state index contributed by atoms with van der Waals surface area (Å²) >= 11 is 1.19. The van der Waals surface area contributed by atoms with Crippen LogP contribution in [0.15, 0.2) is 97.2 Å². The number of carbonyl (C=O) groups is 3. The molecular formula is C53H89N2O11PS. The van der Waals surface area contributed by atoms with E-state index in [-0.39, 0.29) is 38.0 Å². The molecule has 0 aromatic carbocycles. The van der Waals surface area contributed by atoms with Crippen LogP contribution in [-0.2, 0) is 37.5 Å². The average Bonchev–Trinajstić information content (AvgIpc) is 3.28. The van der Waals surface area contributed by atoms with Gasteiger partial charge in [-0.05, 0) is 83.5 Å². The fourth-order valence-electron chi connectivity index (χ4n) is 6.00. The number of nitrogens with two attached hydrogens (primary N) is 1. The number of hydrogen-bond donors (Lipinski definition) is 3. The topological polar surface area (TPSA) is 195 Å². The van der Waals surface area contributed by atoms with E-state index in [2.05, 4.69) is 74.6 Å². The van der Waals surface area contributed by atoms with Crippen molar-refractivity contribution in [1.82, 2.24) is 0 Å². The Morgan fingerprint density at radius 2 is 1.24 bits per heavy atom. The summed E-state index contributed by atoms with van der Waals surface area (Å²) in [5, 5.41) is 19.5. The van der Waals surface area contributed by atoms with Crippen LogP contribution in [0.3, 0.4) is 0 Å². The number of aliphatic hydroxyl groups excluding tert-OH is 1. The van der Waals surface area contributed by atoms with E-state index in [1.165, 1.54) is 50.3 Å². The summed E-state index contributed by atoms with van der Waals surface area (Å²) in [6, 6.07) is -1.21. The van der Waals surface area contributed by atoms with Gasteiger partial charge in [0.2, 0.25) is 0 Å². The van der Waals surface area contributed by atoms with Gasteiger partial charge in [-0.2, -0.15) is 0 Å². The Bertz CT molecular complexity index is 1600. The summed E-state index contributed by atoms with van der Waals surface area (Å²) < 4.78 is 34.0. The summed E-state index contributed by atoms with van der Waals surface area (Å²) in [5.41, 5.74) is 6.24. The maximum atomic E-state index is 13.2. The first-order chi connectivity index (χ1) is 32.6. The van der Waals surface area contributed by atoms with Crippen molar-refractivity contribution < 1.29 is 57.1 Å². The molecule has 4 N–H and O–H groups in total. The summed E-state index contributed by atoms with van der Waals surface area (Å²) in [5.74, 6) is -2.38. The average molecular weight is 993 g/mol. The molecule has 388 valence electrons. The third-order valence-corrected chi connectivity index (χ3v) is 12.4. The van der Waals surface area contributed by atoms with E-state index in [1.54, 1.807) is 12.2 Å². The summed E-state index contributed by atoms with van der Waals surface area (Å²) in [4.78, 5) is 49.6. The van der Waals surface area contributed by atoms with Crippen molar-refractivity contribution in [2.45, 2.75) is 166 Å². The number of hydrogen-bond acceptors (Lipinski definition) is 12. The van der Waals surface area contributed by atoms with Gasteiger partial charge in [-0.1, -0.05) is 143 Å². The number of unbranched alkanes of at least 4 members (excludes halogenated alkanes) is 9. The van der Waals surface area contributed by atoms with Gasteiger partial charge in [-0.3, -0.25) is 18.9 Å². The van der Waals surface area contributed by atoms with E-state index in [9.17, 15) is 28.9 Å². The lowest BCUT2D eigenvalue weighted by Crippen LogP contribution is -2.40. The molecule has 5 atom stereocenters. The number of phosphoric acid groups is 1. The number of phosphoric ester groups is 1. The summed E-state index contributed by atoms with van der Waals surface area (Å²) in [7, 11) is 0.831. The van der Waals surface area contributed by atoms with Gasteiger partial charge in [0.25, 0.3) is 7.82 Å². The Labute approximate surface area is 415 Å². The number of allylic oxidation sites excluding steroid dienone is 15. The molecule has 0 aliphatic heterocycles. The number of aliphatic carboxylic acids is 1. The predicted octanol–water partition coefficient (Wildman–Crippen LogP) is 10.8. The van der Waals surface area contributed by atoms with E-state index in [0.717, 1.165) is 57.8 Å². The number of esters is 2. The monoisotopic (exact) mass is 993 g/mol. The molecule has 0 bridgehead atoms. The van der Waals surface area contributed by atoms with Crippen molar-refractivity contribution in [2.75, 3.05) is 53.3 Å². The van der Waals surface area contributed by atoms with Gasteiger partial charge < -0.3 is 43.8 Å². The van der Waals surface area contributed by atoms with Gasteiger partial charge in [0.1, 0.15) is 25.8 Å². The Kier molecular flexibility index (Phi) is 41.5. The molecule has 15 heteroatoms. The molecule has 0 heterocycles. The number of likely N-dealkylation sites (N-methyl/N-ethyl adjacent to an activating group) is 1. The second-order valence-electron chi connectivity index (χ2n) is 17.7. The normalized spacial score (nSPS) is 15.5. The molecule has 0 radical (unpaired) electrons. The molecule has 0 aliphatic rings. The number of nitrogens with zero attached hydrogens (tertiary/aromatic N) is 1. The number of aliphatic hydroxyl groups is 1. The van der Waals surface area contributed by atoms with Crippen molar-refractivity contribution in [2.24, 2.45) is 5.73 Å². The largest absolute Gasteiger partial charge is 0.756 e. The summed E-state index contributed by atoms with van der Waals surface area (Å²) in [6.45, 7) is 3.53. The second-order valence-corrected chi connectivity index (χ2v) is 20.3. The molecule has 0 aliphatic carbocycles. The van der Waals surface area contributed by atoms with Crippen molar-refractivity contribution >= 4 is 37.5 Å². The van der Waals surface area contributed by atoms with E-state index >= 15 is 0 Å². The van der Waals surface area contributed by atoms with Crippen LogP contribution in [0.5, 0.6) is 0 Å². The van der Waals surface area contributed by atoms with Crippen LogP contribution in [0.1, 0.15) is 142 Å². The van der Waals surface area contributed by atoms with Gasteiger partial charge in [-0.25, -0.2) is 0 Å². The van der Waals surface area contributed by atoms with Crippen LogP contribution in [0.2, 0.25) is 0 Å². The first-order valence-electron chi connectivity index (χ1n) is 24.9. The zero-order valence-corrected chi connectivity index (χ0v) is 43.9. The van der Waals surface area contributed by atoms with E-state index in [4.69, 9.17) is 29.4 Å². The quantitative estimate of drug-likeness (QED) is 0.0130. The van der Waals surface area contributed by atoms with Gasteiger partial charge in [0.05, 0.1) is 33.9 Å². The molecule has 0 spiro atoms. The second kappa shape index (κ2) is 43.7. The predicted molar refractivity (Wildman–Crippen MR) is 278 cm³/mol. The van der Waals surface area contributed by atoms with Crippen LogP contribution in [0, 0.1) is 0 Å². The first kappa shape index (κ1) is 64.7. The van der Waals surface area contributed by atoms with Gasteiger partial charge in [-0.15, -0.1) is 11.8 Å². The van der Waals surface area contributed by atoms with Crippen LogP contribution in [0.4, 0.5) is 0 Å². The number of carboxylic acid groups (broad SMARTS) is 1.